The quantitative estimate of drug-likeness (QED) is 0.799. The molecule has 0 aliphatic rings. The number of aryl methyl sites for hydroxylation is 2. The standard InChI is InChI=1S/C17H21NO2S/c1-15-9-11-17(12-10-15)14-21(19,20)18-13-5-8-16-6-3-2-4-7-16/h2-4,6-7,9-12,18H,5,8,13-14H2,1H3. The Balaban J connectivity index is 1.77. The van der Waals surface area contributed by atoms with E-state index in [-0.39, 0.29) is 5.75 Å². The van der Waals surface area contributed by atoms with E-state index in [0.717, 1.165) is 24.0 Å². The van der Waals surface area contributed by atoms with Crippen LogP contribution in [0.2, 0.25) is 0 Å². The van der Waals surface area contributed by atoms with Crippen LogP contribution in [0.3, 0.4) is 0 Å². The highest BCUT2D eigenvalue weighted by Crippen LogP contribution is 2.07. The van der Waals surface area contributed by atoms with E-state index in [9.17, 15) is 8.42 Å². The van der Waals surface area contributed by atoms with Gasteiger partial charge in [0, 0.05) is 6.54 Å². The Kier molecular flexibility index (Phi) is 5.53. The molecule has 0 saturated carbocycles. The van der Waals surface area contributed by atoms with Crippen molar-refractivity contribution < 1.29 is 8.42 Å². The number of nitrogens with one attached hydrogen (secondary N) is 1. The highest BCUT2D eigenvalue weighted by molar-refractivity contribution is 7.88. The fraction of sp³-hybridized carbons (Fsp3) is 0.294. The van der Waals surface area contributed by atoms with E-state index >= 15 is 0 Å². The van der Waals surface area contributed by atoms with Gasteiger partial charge >= 0.3 is 0 Å². The zero-order valence-corrected chi connectivity index (χ0v) is 13.1. The minimum atomic E-state index is -3.25. The molecule has 0 atom stereocenters. The van der Waals surface area contributed by atoms with Crippen LogP contribution in [0.4, 0.5) is 0 Å². The summed E-state index contributed by atoms with van der Waals surface area (Å²) in [5, 5.41) is 0. The smallest absolute Gasteiger partial charge is 0.215 e. The molecule has 0 amide bonds. The van der Waals surface area contributed by atoms with Crippen LogP contribution in [0.1, 0.15) is 23.1 Å². The molecule has 0 aliphatic carbocycles. The van der Waals surface area contributed by atoms with Crippen LogP contribution in [0, 0.1) is 6.92 Å². The van der Waals surface area contributed by atoms with Gasteiger partial charge in [0.05, 0.1) is 5.75 Å². The van der Waals surface area contributed by atoms with Gasteiger partial charge in [0.2, 0.25) is 10.0 Å². The Bertz CT molecular complexity index is 649. The number of hydrogen-bond donors (Lipinski definition) is 1. The summed E-state index contributed by atoms with van der Waals surface area (Å²) in [6, 6.07) is 17.7. The normalized spacial score (nSPS) is 11.5. The lowest BCUT2D eigenvalue weighted by Gasteiger charge is -2.07. The molecule has 112 valence electrons. The van der Waals surface area contributed by atoms with Gasteiger partial charge < -0.3 is 0 Å². The number of rotatable bonds is 7. The largest absolute Gasteiger partial charge is 0.215 e. The number of benzene rings is 2. The maximum Gasteiger partial charge on any atom is 0.215 e. The summed E-state index contributed by atoms with van der Waals surface area (Å²) in [5.74, 6) is 0.0403. The number of sulfonamides is 1. The molecule has 0 radical (unpaired) electrons. The summed E-state index contributed by atoms with van der Waals surface area (Å²) in [7, 11) is -3.25. The molecule has 2 aromatic rings. The van der Waals surface area contributed by atoms with Crippen molar-refractivity contribution in [2.45, 2.75) is 25.5 Å². The molecule has 0 unspecified atom stereocenters. The van der Waals surface area contributed by atoms with Gasteiger partial charge in [0.15, 0.2) is 0 Å². The molecule has 0 aliphatic heterocycles. The lowest BCUT2D eigenvalue weighted by Crippen LogP contribution is -2.26. The van der Waals surface area contributed by atoms with Crippen LogP contribution in [-0.2, 0) is 22.2 Å². The maximum absolute atomic E-state index is 12.0. The third-order valence-corrected chi connectivity index (χ3v) is 4.64. The van der Waals surface area contributed by atoms with Crippen LogP contribution in [0.5, 0.6) is 0 Å². The van der Waals surface area contributed by atoms with Gasteiger partial charge in [-0.1, -0.05) is 60.2 Å². The zero-order valence-electron chi connectivity index (χ0n) is 12.2. The minimum Gasteiger partial charge on any atom is -0.215 e. The highest BCUT2D eigenvalue weighted by atomic mass is 32.2. The average molecular weight is 303 g/mol. The minimum absolute atomic E-state index is 0.0403. The summed E-state index contributed by atoms with van der Waals surface area (Å²) >= 11 is 0. The third kappa shape index (κ3) is 5.69. The molecule has 0 bridgehead atoms. The van der Waals surface area contributed by atoms with E-state index in [2.05, 4.69) is 16.9 Å². The SMILES string of the molecule is Cc1ccc(CS(=O)(=O)NCCCc2ccccc2)cc1. The Labute approximate surface area is 127 Å². The Morgan fingerprint density at radius 2 is 1.57 bits per heavy atom. The first-order chi connectivity index (χ1) is 10.1. The first-order valence-electron chi connectivity index (χ1n) is 7.12. The van der Waals surface area contributed by atoms with Crippen LogP contribution < -0.4 is 4.72 Å². The highest BCUT2D eigenvalue weighted by Gasteiger charge is 2.10. The first-order valence-corrected chi connectivity index (χ1v) is 8.77. The van der Waals surface area contributed by atoms with E-state index < -0.39 is 10.0 Å². The zero-order chi connectivity index (χ0) is 15.1. The first kappa shape index (κ1) is 15.7. The lowest BCUT2D eigenvalue weighted by atomic mass is 10.1. The van der Waals surface area contributed by atoms with Crippen molar-refractivity contribution in [1.29, 1.82) is 0 Å². The van der Waals surface area contributed by atoms with E-state index in [4.69, 9.17) is 0 Å². The number of hydrogen-bond acceptors (Lipinski definition) is 2. The van der Waals surface area contributed by atoms with Crippen LogP contribution in [-0.4, -0.2) is 15.0 Å². The maximum atomic E-state index is 12.0. The van der Waals surface area contributed by atoms with Crippen molar-refractivity contribution in [2.75, 3.05) is 6.54 Å². The monoisotopic (exact) mass is 303 g/mol. The van der Waals surface area contributed by atoms with Crippen molar-refractivity contribution in [1.82, 2.24) is 4.72 Å². The van der Waals surface area contributed by atoms with Gasteiger partial charge in [-0.25, -0.2) is 13.1 Å². The Morgan fingerprint density at radius 1 is 0.905 bits per heavy atom. The van der Waals surface area contributed by atoms with Crippen molar-refractivity contribution in [2.24, 2.45) is 0 Å². The van der Waals surface area contributed by atoms with Gasteiger partial charge in [0.25, 0.3) is 0 Å². The van der Waals surface area contributed by atoms with Gasteiger partial charge in [0.1, 0.15) is 0 Å². The predicted molar refractivity (Wildman–Crippen MR) is 86.6 cm³/mol. The van der Waals surface area contributed by atoms with E-state index in [1.54, 1.807) is 0 Å². The third-order valence-electron chi connectivity index (χ3n) is 3.28. The molecular weight excluding hydrogens is 282 g/mol. The molecule has 0 fully saturated rings. The molecular formula is C17H21NO2S. The van der Waals surface area contributed by atoms with Gasteiger partial charge in [-0.3, -0.25) is 0 Å². The molecule has 0 heterocycles. The summed E-state index contributed by atoms with van der Waals surface area (Å²) in [4.78, 5) is 0. The van der Waals surface area contributed by atoms with Crippen LogP contribution in [0.25, 0.3) is 0 Å². The topological polar surface area (TPSA) is 46.2 Å². The molecule has 21 heavy (non-hydrogen) atoms. The molecule has 2 aromatic carbocycles. The van der Waals surface area contributed by atoms with Crippen LogP contribution >= 0.6 is 0 Å². The van der Waals surface area contributed by atoms with Gasteiger partial charge in [-0.15, -0.1) is 0 Å². The van der Waals surface area contributed by atoms with E-state index in [1.165, 1.54) is 5.56 Å². The Morgan fingerprint density at radius 3 is 2.24 bits per heavy atom. The molecule has 4 heteroatoms. The second kappa shape index (κ2) is 7.38. The summed E-state index contributed by atoms with van der Waals surface area (Å²) in [5.41, 5.74) is 3.18. The second-order valence-electron chi connectivity index (χ2n) is 5.23. The second-order valence-corrected chi connectivity index (χ2v) is 7.04. The molecule has 0 aromatic heterocycles. The van der Waals surface area contributed by atoms with Crippen molar-refractivity contribution in [3.63, 3.8) is 0 Å². The fourth-order valence-electron chi connectivity index (χ4n) is 2.12. The molecule has 2 rings (SSSR count). The van der Waals surface area contributed by atoms with E-state index in [0.29, 0.717) is 6.54 Å². The summed E-state index contributed by atoms with van der Waals surface area (Å²) in [6.45, 7) is 2.46. The van der Waals surface area contributed by atoms with Crippen molar-refractivity contribution in [3.05, 3.63) is 71.3 Å². The van der Waals surface area contributed by atoms with Crippen molar-refractivity contribution >= 4 is 10.0 Å². The Hall–Kier alpha value is -1.65. The predicted octanol–water partition coefficient (Wildman–Crippen LogP) is 3.05. The van der Waals surface area contributed by atoms with Crippen molar-refractivity contribution in [3.8, 4) is 0 Å². The van der Waals surface area contributed by atoms with Gasteiger partial charge in [-0.2, -0.15) is 0 Å². The van der Waals surface area contributed by atoms with Crippen LogP contribution in [0.15, 0.2) is 54.6 Å². The molecule has 3 nitrogen and oxygen atoms in total. The van der Waals surface area contributed by atoms with E-state index in [1.807, 2.05) is 49.4 Å². The molecule has 0 saturated heterocycles. The summed E-state index contributed by atoms with van der Waals surface area (Å²) < 4.78 is 26.6. The van der Waals surface area contributed by atoms with Gasteiger partial charge in [-0.05, 0) is 30.9 Å². The fourth-order valence-corrected chi connectivity index (χ4v) is 3.31. The lowest BCUT2D eigenvalue weighted by molar-refractivity contribution is 0.578. The molecule has 1 N–H and O–H groups in total. The molecule has 0 spiro atoms. The summed E-state index contributed by atoms with van der Waals surface area (Å²) in [6.07, 6.45) is 1.69. The average Bonchev–Trinajstić information content (AvgIpc) is 2.47.